The Morgan fingerprint density at radius 1 is 0.230 bits per heavy atom. The molecule has 5 heterocycles. The summed E-state index contributed by atoms with van der Waals surface area (Å²) in [4.78, 5) is 31.5. The summed E-state index contributed by atoms with van der Waals surface area (Å²) >= 11 is 1.82. The van der Waals surface area contributed by atoms with Crippen LogP contribution in [0.4, 0.5) is 0 Å². The highest BCUT2D eigenvalue weighted by Crippen LogP contribution is 2.47. The molecule has 0 aliphatic carbocycles. The minimum absolute atomic E-state index is 0.592. The number of aromatic nitrogens is 8. The molecule has 0 fully saturated rings. The molecule has 0 bridgehead atoms. The van der Waals surface area contributed by atoms with Gasteiger partial charge < -0.3 is 9.13 Å². The number of fused-ring (bicyclic) bond motifs is 9. The Kier molecular flexibility index (Phi) is 11.9. The van der Waals surface area contributed by atoms with Gasteiger partial charge in [0.25, 0.3) is 0 Å². The molecule has 0 unspecified atom stereocenters. The summed E-state index contributed by atoms with van der Waals surface area (Å²) < 4.78 is 7.10. The zero-order valence-corrected chi connectivity index (χ0v) is 47.5. The van der Waals surface area contributed by atoms with Crippen LogP contribution in [0.5, 0.6) is 0 Å². The van der Waals surface area contributed by atoms with Crippen molar-refractivity contribution in [3.8, 4) is 102 Å². The molecule has 8 nitrogen and oxygen atoms in total. The summed E-state index contributed by atoms with van der Waals surface area (Å²) in [6.07, 6.45) is 0. The number of nitrogens with zero attached hydrogens (tertiary/aromatic N) is 8. The van der Waals surface area contributed by atoms with Gasteiger partial charge in [0.15, 0.2) is 34.9 Å². The van der Waals surface area contributed by atoms with E-state index < -0.39 is 0 Å². The molecule has 0 amide bonds. The lowest BCUT2D eigenvalue weighted by atomic mass is 9.97. The van der Waals surface area contributed by atoms with Crippen LogP contribution < -0.4 is 0 Å². The largest absolute Gasteiger partial charge is 0.309 e. The maximum absolute atomic E-state index is 5.50. The van der Waals surface area contributed by atoms with Gasteiger partial charge in [-0.2, -0.15) is 0 Å². The third-order valence-corrected chi connectivity index (χ3v) is 17.9. The lowest BCUT2D eigenvalue weighted by molar-refractivity contribution is 1.08. The SMILES string of the molecule is c1ccc(-c2nc(-c3ccccc3-c3ccc(-n4c5ccccc5c5c(-c6nc(-c7ccccc7)nc(-c7ccccc7)n6)cccc54)cc3)nc(-c3ccc(-c4ccc5c(c4)c4ccccc4n5-c4ccccc4)c4sc5ccccc5c34)n2)cc1. The van der Waals surface area contributed by atoms with Crippen molar-refractivity contribution in [2.75, 3.05) is 0 Å². The number of hydrogen-bond acceptors (Lipinski definition) is 7. The fourth-order valence-electron chi connectivity index (χ4n) is 12.7. The third kappa shape index (κ3) is 8.51. The Labute approximate surface area is 504 Å². The lowest BCUT2D eigenvalue weighted by Crippen LogP contribution is -2.01. The van der Waals surface area contributed by atoms with E-state index in [0.29, 0.717) is 34.9 Å². The van der Waals surface area contributed by atoms with Crippen molar-refractivity contribution in [1.29, 1.82) is 0 Å². The summed E-state index contributed by atoms with van der Waals surface area (Å²) in [6.45, 7) is 0. The maximum atomic E-state index is 5.50. The highest BCUT2D eigenvalue weighted by atomic mass is 32.1. The summed E-state index contributed by atoms with van der Waals surface area (Å²) in [5, 5.41) is 6.89. The molecule has 12 aromatic carbocycles. The molecule has 0 spiro atoms. The highest BCUT2D eigenvalue weighted by molar-refractivity contribution is 7.26. The average molecular weight is 1130 g/mol. The molecule has 0 N–H and O–H groups in total. The van der Waals surface area contributed by atoms with Gasteiger partial charge in [0.1, 0.15) is 0 Å². The molecule has 87 heavy (non-hydrogen) atoms. The number of para-hydroxylation sites is 3. The van der Waals surface area contributed by atoms with E-state index in [4.69, 9.17) is 29.9 Å². The van der Waals surface area contributed by atoms with Crippen LogP contribution >= 0.6 is 11.3 Å². The number of thiophene rings is 1. The van der Waals surface area contributed by atoms with Gasteiger partial charge in [-0.1, -0.05) is 224 Å². The van der Waals surface area contributed by atoms with E-state index in [9.17, 15) is 0 Å². The minimum atomic E-state index is 0.592. The average Bonchev–Trinajstić information content (AvgIpc) is 1.79. The van der Waals surface area contributed by atoms with Crippen LogP contribution in [-0.4, -0.2) is 39.0 Å². The molecule has 5 aromatic heterocycles. The summed E-state index contributed by atoms with van der Waals surface area (Å²) in [5.41, 5.74) is 16.5. The van der Waals surface area contributed by atoms with Crippen LogP contribution in [0.2, 0.25) is 0 Å². The first-order chi connectivity index (χ1) is 43.1. The summed E-state index contributed by atoms with van der Waals surface area (Å²) in [5.74, 6) is 3.67. The van der Waals surface area contributed by atoms with Crippen LogP contribution in [0.25, 0.3) is 166 Å². The zero-order chi connectivity index (χ0) is 57.4. The van der Waals surface area contributed by atoms with Gasteiger partial charge in [-0.25, -0.2) is 29.9 Å². The second-order valence-corrected chi connectivity index (χ2v) is 22.8. The second kappa shape index (κ2) is 20.7. The molecule has 406 valence electrons. The third-order valence-electron chi connectivity index (χ3n) is 16.7. The van der Waals surface area contributed by atoms with Crippen LogP contribution in [0.3, 0.4) is 0 Å². The molecule has 0 radical (unpaired) electrons. The quantitative estimate of drug-likeness (QED) is 0.136. The van der Waals surface area contributed by atoms with Gasteiger partial charge in [0.05, 0.1) is 22.1 Å². The van der Waals surface area contributed by atoms with E-state index in [1.165, 1.54) is 42.2 Å². The first kappa shape index (κ1) is 50.0. The second-order valence-electron chi connectivity index (χ2n) is 21.7. The van der Waals surface area contributed by atoms with E-state index in [1.807, 2.05) is 90.2 Å². The molecule has 17 rings (SSSR count). The van der Waals surface area contributed by atoms with E-state index in [-0.39, 0.29) is 0 Å². The van der Waals surface area contributed by atoms with Crippen LogP contribution in [0.15, 0.2) is 291 Å². The molecule has 0 aliphatic heterocycles. The smallest absolute Gasteiger partial charge is 0.164 e. The normalized spacial score (nSPS) is 11.7. The Hall–Kier alpha value is -11.5. The Balaban J connectivity index is 0.786. The van der Waals surface area contributed by atoms with Gasteiger partial charge in [0.2, 0.25) is 0 Å². The van der Waals surface area contributed by atoms with Crippen molar-refractivity contribution in [2.45, 2.75) is 0 Å². The molecule has 0 atom stereocenters. The fraction of sp³-hybridized carbons (Fsp3) is 0. The Morgan fingerprint density at radius 3 is 1.31 bits per heavy atom. The number of rotatable bonds is 10. The van der Waals surface area contributed by atoms with E-state index in [0.717, 1.165) is 88.6 Å². The van der Waals surface area contributed by atoms with Gasteiger partial charge >= 0.3 is 0 Å². The predicted octanol–water partition coefficient (Wildman–Crippen LogP) is 20.0. The number of hydrogen-bond donors (Lipinski definition) is 0. The van der Waals surface area contributed by atoms with Crippen molar-refractivity contribution < 1.29 is 0 Å². The van der Waals surface area contributed by atoms with Gasteiger partial charge in [0, 0.05) is 86.5 Å². The molecule has 9 heteroatoms. The fourth-order valence-corrected chi connectivity index (χ4v) is 14.0. The van der Waals surface area contributed by atoms with Crippen LogP contribution in [0, 0.1) is 0 Å². The maximum Gasteiger partial charge on any atom is 0.164 e. The predicted molar refractivity (Wildman–Crippen MR) is 358 cm³/mol. The van der Waals surface area contributed by atoms with Crippen molar-refractivity contribution >= 4 is 75.1 Å². The van der Waals surface area contributed by atoms with Gasteiger partial charge in [-0.15, -0.1) is 11.3 Å². The van der Waals surface area contributed by atoms with E-state index in [2.05, 4.69) is 221 Å². The van der Waals surface area contributed by atoms with Crippen LogP contribution in [0.1, 0.15) is 0 Å². The Bertz CT molecular complexity index is 5450. The standard InChI is InChI=1S/C78H48N8S/c1-5-22-50(23-6-1)73-79-74(51-24-7-2-8-25-51)82-77(81-73)62-35-21-38-68-70(62)60-33-16-19-37-66(60)86(68)55-43-40-49(41-44-55)56-30-13-14-32-59(56)76-80-75(52-26-9-3-10-27-52)83-78(84-76)63-46-45-57(72-71(63)61-34-17-20-39-69(61)87-72)53-42-47-67-64(48-53)58-31-15-18-36-65(58)85(67)54-28-11-4-12-29-54/h1-48H. The number of benzene rings is 12. The first-order valence-corrected chi connectivity index (χ1v) is 29.9. The Morgan fingerprint density at radius 2 is 0.655 bits per heavy atom. The zero-order valence-electron chi connectivity index (χ0n) is 46.7. The molecule has 0 saturated heterocycles. The monoisotopic (exact) mass is 1130 g/mol. The van der Waals surface area contributed by atoms with Crippen molar-refractivity contribution in [3.63, 3.8) is 0 Å². The topological polar surface area (TPSA) is 87.2 Å². The first-order valence-electron chi connectivity index (χ1n) is 29.1. The molecule has 0 aliphatic rings. The van der Waals surface area contributed by atoms with Gasteiger partial charge in [-0.3, -0.25) is 0 Å². The molecule has 17 aromatic rings. The van der Waals surface area contributed by atoms with E-state index in [1.54, 1.807) is 0 Å². The van der Waals surface area contributed by atoms with Gasteiger partial charge in [-0.05, 0) is 89.0 Å². The van der Waals surface area contributed by atoms with Crippen molar-refractivity contribution in [1.82, 2.24) is 39.0 Å². The highest BCUT2D eigenvalue weighted by Gasteiger charge is 2.24. The summed E-state index contributed by atoms with van der Waals surface area (Å²) in [7, 11) is 0. The molecular formula is C78H48N8S. The summed E-state index contributed by atoms with van der Waals surface area (Å²) in [6, 6.07) is 102. The lowest BCUT2D eigenvalue weighted by Gasteiger charge is -2.14. The molecular weight excluding hydrogens is 1080 g/mol. The molecule has 0 saturated carbocycles. The van der Waals surface area contributed by atoms with Crippen molar-refractivity contribution in [2.24, 2.45) is 0 Å². The van der Waals surface area contributed by atoms with Crippen molar-refractivity contribution in [3.05, 3.63) is 291 Å². The minimum Gasteiger partial charge on any atom is -0.309 e. The van der Waals surface area contributed by atoms with Crippen LogP contribution in [-0.2, 0) is 0 Å². The van der Waals surface area contributed by atoms with E-state index >= 15 is 0 Å².